The van der Waals surface area contributed by atoms with E-state index in [4.69, 9.17) is 4.74 Å². The zero-order chi connectivity index (χ0) is 19.1. The van der Waals surface area contributed by atoms with Gasteiger partial charge in [-0.05, 0) is 24.1 Å². The number of ether oxygens (including phenoxy) is 1. The summed E-state index contributed by atoms with van der Waals surface area (Å²) < 4.78 is 7.77. The van der Waals surface area contributed by atoms with E-state index in [1.807, 2.05) is 67.7 Å². The molecule has 1 atom stereocenters. The van der Waals surface area contributed by atoms with Gasteiger partial charge in [-0.1, -0.05) is 48.5 Å². The van der Waals surface area contributed by atoms with E-state index in [1.165, 1.54) is 6.33 Å². The van der Waals surface area contributed by atoms with Gasteiger partial charge in [-0.15, -0.1) is 0 Å². The number of fused-ring (bicyclic) bond motifs is 2. The summed E-state index contributed by atoms with van der Waals surface area (Å²) in [6.07, 6.45) is 3.33. The van der Waals surface area contributed by atoms with Crippen LogP contribution in [0, 0.1) is 6.92 Å². The fourth-order valence-corrected chi connectivity index (χ4v) is 3.74. The average Bonchev–Trinajstić information content (AvgIpc) is 3.23. The predicted octanol–water partition coefficient (Wildman–Crippen LogP) is 3.70. The second-order valence-corrected chi connectivity index (χ2v) is 6.84. The molecule has 1 aliphatic rings. The maximum absolute atomic E-state index is 12.7. The Kier molecular flexibility index (Phi) is 3.83. The predicted molar refractivity (Wildman–Crippen MR) is 105 cm³/mol. The van der Waals surface area contributed by atoms with E-state index in [0.717, 1.165) is 33.6 Å². The first-order valence-electron chi connectivity index (χ1n) is 9.12. The van der Waals surface area contributed by atoms with Crippen molar-refractivity contribution in [1.82, 2.24) is 14.6 Å². The summed E-state index contributed by atoms with van der Waals surface area (Å²) in [6.45, 7) is 2.44. The van der Waals surface area contributed by atoms with Crippen LogP contribution in [0.25, 0.3) is 5.52 Å². The zero-order valence-corrected chi connectivity index (χ0v) is 15.3. The number of aromatic nitrogens is 3. The van der Waals surface area contributed by atoms with E-state index < -0.39 is 5.92 Å². The first kappa shape index (κ1) is 16.5. The topological polar surface area (TPSA) is 68.5 Å². The van der Waals surface area contributed by atoms with E-state index >= 15 is 0 Å². The van der Waals surface area contributed by atoms with Crippen LogP contribution >= 0.6 is 0 Å². The van der Waals surface area contributed by atoms with E-state index in [9.17, 15) is 4.79 Å². The van der Waals surface area contributed by atoms with Crippen molar-refractivity contribution in [3.8, 4) is 5.75 Å². The van der Waals surface area contributed by atoms with Gasteiger partial charge in [0, 0.05) is 11.3 Å². The van der Waals surface area contributed by atoms with Crippen LogP contribution in [0.3, 0.4) is 0 Å². The lowest BCUT2D eigenvalue weighted by Gasteiger charge is -2.10. The third-order valence-electron chi connectivity index (χ3n) is 5.11. The number of anilines is 1. The highest BCUT2D eigenvalue weighted by Gasteiger charge is 2.35. The molecule has 0 aliphatic carbocycles. The van der Waals surface area contributed by atoms with Gasteiger partial charge in [0.2, 0.25) is 5.91 Å². The Hall–Kier alpha value is -3.67. The summed E-state index contributed by atoms with van der Waals surface area (Å²) in [5, 5.41) is 7.27. The number of aryl methyl sites for hydroxylation is 1. The van der Waals surface area contributed by atoms with Gasteiger partial charge in [-0.2, -0.15) is 5.10 Å². The number of nitrogens with one attached hydrogen (secondary N) is 1. The summed E-state index contributed by atoms with van der Waals surface area (Å²) in [4.78, 5) is 17.2. The van der Waals surface area contributed by atoms with Gasteiger partial charge < -0.3 is 10.1 Å². The maximum atomic E-state index is 12.7. The molecule has 138 valence electrons. The van der Waals surface area contributed by atoms with Crippen LogP contribution in [0.2, 0.25) is 0 Å². The second kappa shape index (κ2) is 6.49. The lowest BCUT2D eigenvalue weighted by Crippen LogP contribution is -2.16. The first-order chi connectivity index (χ1) is 13.7. The molecule has 0 fully saturated rings. The third-order valence-corrected chi connectivity index (χ3v) is 5.11. The summed E-state index contributed by atoms with van der Waals surface area (Å²) in [6, 6.07) is 17.7. The summed E-state index contributed by atoms with van der Waals surface area (Å²) in [5.41, 5.74) is 5.27. The Morgan fingerprint density at radius 1 is 1.11 bits per heavy atom. The lowest BCUT2D eigenvalue weighted by molar-refractivity contribution is -0.116. The maximum Gasteiger partial charge on any atom is 0.238 e. The molecule has 1 amide bonds. The average molecular weight is 370 g/mol. The van der Waals surface area contributed by atoms with E-state index in [1.54, 1.807) is 4.52 Å². The van der Waals surface area contributed by atoms with Gasteiger partial charge >= 0.3 is 0 Å². The van der Waals surface area contributed by atoms with Gasteiger partial charge in [-0.3, -0.25) is 4.79 Å². The Balaban J connectivity index is 1.56. The van der Waals surface area contributed by atoms with Crippen molar-refractivity contribution < 1.29 is 9.53 Å². The van der Waals surface area contributed by atoms with Crippen LogP contribution in [0.4, 0.5) is 5.69 Å². The van der Waals surface area contributed by atoms with Crippen molar-refractivity contribution in [2.75, 3.05) is 5.32 Å². The van der Waals surface area contributed by atoms with Crippen molar-refractivity contribution in [2.24, 2.45) is 0 Å². The van der Waals surface area contributed by atoms with E-state index in [2.05, 4.69) is 15.4 Å². The Labute approximate surface area is 161 Å². The molecule has 5 rings (SSSR count). The summed E-state index contributed by atoms with van der Waals surface area (Å²) >= 11 is 0. The molecule has 6 heteroatoms. The number of hydrogen-bond acceptors (Lipinski definition) is 4. The first-order valence-corrected chi connectivity index (χ1v) is 9.12. The van der Waals surface area contributed by atoms with E-state index in [-0.39, 0.29) is 5.91 Å². The molecule has 1 N–H and O–H groups in total. The van der Waals surface area contributed by atoms with Gasteiger partial charge in [0.1, 0.15) is 24.6 Å². The summed E-state index contributed by atoms with van der Waals surface area (Å²) in [7, 11) is 0. The molecule has 2 aromatic carbocycles. The normalized spacial score (nSPS) is 15.5. The number of carbonyl (C=O) groups is 1. The largest absolute Gasteiger partial charge is 0.487 e. The zero-order valence-electron chi connectivity index (χ0n) is 15.3. The van der Waals surface area contributed by atoms with Crippen molar-refractivity contribution in [1.29, 1.82) is 0 Å². The fourth-order valence-electron chi connectivity index (χ4n) is 3.74. The molecule has 3 heterocycles. The molecule has 1 unspecified atom stereocenters. The molecule has 0 saturated heterocycles. The minimum atomic E-state index is -0.461. The number of nitrogens with zero attached hydrogens (tertiary/aromatic N) is 3. The minimum absolute atomic E-state index is 0.0749. The van der Waals surface area contributed by atoms with Gasteiger partial charge in [0.05, 0.1) is 17.4 Å². The molecule has 0 spiro atoms. The number of rotatable bonds is 4. The van der Waals surface area contributed by atoms with Crippen molar-refractivity contribution in [2.45, 2.75) is 19.4 Å². The van der Waals surface area contributed by atoms with Gasteiger partial charge in [0.15, 0.2) is 0 Å². The molecule has 2 aromatic heterocycles. The fraction of sp³-hybridized carbons (Fsp3) is 0.136. The number of carbonyl (C=O) groups excluding carboxylic acids is 1. The number of hydrogen-bond donors (Lipinski definition) is 1. The standard InChI is InChI=1S/C22H18N4O2/c1-14-18(28-12-15-7-3-2-4-8-15)11-26-21(14)20(23-13-24-26)19-16-9-5-6-10-17(16)25-22(19)27/h2-11,13,19H,12H2,1H3,(H,25,27). The molecule has 0 radical (unpaired) electrons. The molecule has 4 aromatic rings. The van der Waals surface area contributed by atoms with Crippen LogP contribution in [-0.4, -0.2) is 20.5 Å². The summed E-state index contributed by atoms with van der Waals surface area (Å²) in [5.74, 6) is 0.198. The van der Waals surface area contributed by atoms with Gasteiger partial charge in [-0.25, -0.2) is 9.50 Å². The molecule has 28 heavy (non-hydrogen) atoms. The van der Waals surface area contributed by atoms with Crippen molar-refractivity contribution >= 4 is 17.1 Å². The molecular formula is C22H18N4O2. The van der Waals surface area contributed by atoms with Crippen LogP contribution in [0.5, 0.6) is 5.75 Å². The van der Waals surface area contributed by atoms with Crippen molar-refractivity contribution in [3.63, 3.8) is 0 Å². The second-order valence-electron chi connectivity index (χ2n) is 6.84. The quantitative estimate of drug-likeness (QED) is 0.595. The van der Waals surface area contributed by atoms with Gasteiger partial charge in [0.25, 0.3) is 0 Å². The minimum Gasteiger partial charge on any atom is -0.487 e. The number of benzene rings is 2. The molecule has 0 saturated carbocycles. The molecule has 1 aliphatic heterocycles. The van der Waals surface area contributed by atoms with E-state index in [0.29, 0.717) is 12.3 Å². The SMILES string of the molecule is Cc1c(OCc2ccccc2)cn2ncnc(C3C(=O)Nc4ccccc43)c12. The highest BCUT2D eigenvalue weighted by molar-refractivity contribution is 6.05. The highest BCUT2D eigenvalue weighted by Crippen LogP contribution is 2.39. The lowest BCUT2D eigenvalue weighted by atomic mass is 9.95. The Bertz CT molecular complexity index is 1180. The molecule has 6 nitrogen and oxygen atoms in total. The van der Waals surface area contributed by atoms with Crippen LogP contribution in [-0.2, 0) is 11.4 Å². The smallest absolute Gasteiger partial charge is 0.238 e. The highest BCUT2D eigenvalue weighted by atomic mass is 16.5. The monoisotopic (exact) mass is 370 g/mol. The van der Waals surface area contributed by atoms with Crippen LogP contribution < -0.4 is 10.1 Å². The molecule has 0 bridgehead atoms. The Morgan fingerprint density at radius 3 is 2.75 bits per heavy atom. The Morgan fingerprint density at radius 2 is 1.89 bits per heavy atom. The van der Waals surface area contributed by atoms with Crippen molar-refractivity contribution in [3.05, 3.63) is 89.5 Å². The van der Waals surface area contributed by atoms with Crippen LogP contribution in [0.15, 0.2) is 67.1 Å². The number of para-hydroxylation sites is 1. The third kappa shape index (κ3) is 2.62. The molecular weight excluding hydrogens is 352 g/mol. The van der Waals surface area contributed by atoms with Crippen LogP contribution in [0.1, 0.15) is 28.3 Å². The number of amides is 1.